The smallest absolute Gasteiger partial charge is 0.221 e. The van der Waals surface area contributed by atoms with E-state index in [9.17, 15) is 4.79 Å². The minimum Gasteiger partial charge on any atom is -0.390 e. The molecule has 0 radical (unpaired) electrons. The van der Waals surface area contributed by atoms with Crippen molar-refractivity contribution in [3.8, 4) is 0 Å². The van der Waals surface area contributed by atoms with Gasteiger partial charge in [0.1, 0.15) is 0 Å². The average Bonchev–Trinajstić information content (AvgIpc) is 2.55. The molecule has 1 aromatic heterocycles. The van der Waals surface area contributed by atoms with Crippen molar-refractivity contribution in [2.45, 2.75) is 39.5 Å². The van der Waals surface area contributed by atoms with Crippen LogP contribution < -0.4 is 5.32 Å². The highest BCUT2D eigenvalue weighted by molar-refractivity contribution is 7.71. The van der Waals surface area contributed by atoms with E-state index in [4.69, 9.17) is 17.3 Å². The number of amides is 1. The van der Waals surface area contributed by atoms with Crippen molar-refractivity contribution < 1.29 is 9.90 Å². The number of aromatic nitrogens is 2. The van der Waals surface area contributed by atoms with Crippen molar-refractivity contribution in [2.75, 3.05) is 0 Å². The fraction of sp³-hybridized carbons (Fsp3) is 0.600. The number of H-pyrrole nitrogens is 1. The zero-order valence-electron chi connectivity index (χ0n) is 9.49. The van der Waals surface area contributed by atoms with Crippen LogP contribution in [-0.2, 0) is 17.9 Å². The largest absolute Gasteiger partial charge is 0.390 e. The van der Waals surface area contributed by atoms with Gasteiger partial charge >= 0.3 is 0 Å². The van der Waals surface area contributed by atoms with Crippen LogP contribution in [0.15, 0.2) is 6.20 Å². The zero-order valence-corrected chi connectivity index (χ0v) is 10.3. The second-order valence-corrected chi connectivity index (χ2v) is 4.25. The second-order valence-electron chi connectivity index (χ2n) is 3.87. The van der Waals surface area contributed by atoms with Crippen LogP contribution in [0, 0.1) is 4.77 Å². The van der Waals surface area contributed by atoms with Gasteiger partial charge in [0, 0.05) is 25.2 Å². The summed E-state index contributed by atoms with van der Waals surface area (Å²) in [5.41, 5.74) is 0.697. The van der Waals surface area contributed by atoms with Gasteiger partial charge in [-0.05, 0) is 26.1 Å². The molecule has 1 rings (SSSR count). The summed E-state index contributed by atoms with van der Waals surface area (Å²) in [5, 5.41) is 11.9. The van der Waals surface area contributed by atoms with Gasteiger partial charge in [0.2, 0.25) is 5.91 Å². The third kappa shape index (κ3) is 3.46. The molecule has 0 spiro atoms. The maximum atomic E-state index is 11.4. The van der Waals surface area contributed by atoms with Crippen molar-refractivity contribution in [2.24, 2.45) is 0 Å². The number of hydrogen-bond donors (Lipinski definition) is 3. The Labute approximate surface area is 99.5 Å². The Hall–Kier alpha value is -1.14. The molecule has 5 nitrogen and oxygen atoms in total. The average molecular weight is 243 g/mol. The Balaban J connectivity index is 2.57. The van der Waals surface area contributed by atoms with Crippen molar-refractivity contribution in [3.63, 3.8) is 0 Å². The second kappa shape index (κ2) is 5.81. The molecule has 0 bridgehead atoms. The lowest BCUT2D eigenvalue weighted by molar-refractivity contribution is -0.121. The van der Waals surface area contributed by atoms with Crippen LogP contribution in [0.3, 0.4) is 0 Å². The molecule has 90 valence electrons. The predicted molar refractivity (Wildman–Crippen MR) is 63.4 cm³/mol. The van der Waals surface area contributed by atoms with E-state index in [1.54, 1.807) is 10.8 Å². The minimum atomic E-state index is -0.0844. The molecule has 3 N–H and O–H groups in total. The first-order chi connectivity index (χ1) is 7.54. The van der Waals surface area contributed by atoms with Gasteiger partial charge in [-0.15, -0.1) is 0 Å². The first-order valence-corrected chi connectivity index (χ1v) is 5.62. The van der Waals surface area contributed by atoms with Gasteiger partial charge in [-0.1, -0.05) is 0 Å². The normalized spacial score (nSPS) is 10.8. The van der Waals surface area contributed by atoms with Gasteiger partial charge < -0.3 is 20.0 Å². The van der Waals surface area contributed by atoms with E-state index in [1.165, 1.54) is 0 Å². The summed E-state index contributed by atoms with van der Waals surface area (Å²) < 4.78 is 2.26. The molecular weight excluding hydrogens is 226 g/mol. The summed E-state index contributed by atoms with van der Waals surface area (Å²) in [6.07, 6.45) is 2.01. The maximum absolute atomic E-state index is 11.4. The number of rotatable bonds is 5. The Morgan fingerprint density at radius 1 is 1.69 bits per heavy atom. The van der Waals surface area contributed by atoms with E-state index in [0.717, 1.165) is 0 Å². The number of hydrogen-bond acceptors (Lipinski definition) is 3. The molecule has 6 heteroatoms. The Bertz CT molecular complexity index is 408. The number of aromatic amines is 1. The Kier molecular flexibility index (Phi) is 4.70. The van der Waals surface area contributed by atoms with Gasteiger partial charge in [-0.2, -0.15) is 0 Å². The van der Waals surface area contributed by atoms with E-state index < -0.39 is 0 Å². The molecule has 0 aliphatic rings. The molecule has 0 aromatic carbocycles. The van der Waals surface area contributed by atoms with Crippen LogP contribution in [-0.4, -0.2) is 26.6 Å². The summed E-state index contributed by atoms with van der Waals surface area (Å²) in [5.74, 6) is -0.0120. The molecule has 0 saturated heterocycles. The standard InChI is InChI=1S/C10H17N3O2S/c1-7(2)12-9(15)3-4-13-8(6-14)5-11-10(13)16/h5,7,14H,3-4,6H2,1-2H3,(H,11,16)(H,12,15). The highest BCUT2D eigenvalue weighted by Crippen LogP contribution is 2.03. The van der Waals surface area contributed by atoms with Crippen molar-refractivity contribution >= 4 is 18.1 Å². The summed E-state index contributed by atoms with van der Waals surface area (Å²) in [6.45, 7) is 4.23. The first-order valence-electron chi connectivity index (χ1n) is 5.22. The lowest BCUT2D eigenvalue weighted by Crippen LogP contribution is -2.30. The van der Waals surface area contributed by atoms with E-state index in [-0.39, 0.29) is 18.6 Å². The number of carbonyl (C=O) groups is 1. The molecule has 0 fully saturated rings. The number of nitrogens with zero attached hydrogens (tertiary/aromatic N) is 1. The Morgan fingerprint density at radius 3 is 2.94 bits per heavy atom. The van der Waals surface area contributed by atoms with Crippen molar-refractivity contribution in [3.05, 3.63) is 16.7 Å². The summed E-state index contributed by atoms with van der Waals surface area (Å²) in [6, 6.07) is 0.143. The number of aliphatic hydroxyl groups excluding tert-OH is 1. The third-order valence-corrected chi connectivity index (χ3v) is 2.47. The van der Waals surface area contributed by atoms with Gasteiger partial charge in [0.25, 0.3) is 0 Å². The SMILES string of the molecule is CC(C)NC(=O)CCn1c(CO)c[nH]c1=S. The third-order valence-electron chi connectivity index (χ3n) is 2.13. The fourth-order valence-electron chi connectivity index (χ4n) is 1.41. The highest BCUT2D eigenvalue weighted by atomic mass is 32.1. The van der Waals surface area contributed by atoms with Crippen molar-refractivity contribution in [1.82, 2.24) is 14.9 Å². The molecule has 0 atom stereocenters. The number of nitrogens with one attached hydrogen (secondary N) is 2. The van der Waals surface area contributed by atoms with E-state index >= 15 is 0 Å². The lowest BCUT2D eigenvalue weighted by Gasteiger charge is -2.09. The monoisotopic (exact) mass is 243 g/mol. The van der Waals surface area contributed by atoms with E-state index in [1.807, 2.05) is 13.8 Å². The number of carbonyl (C=O) groups excluding carboxylic acids is 1. The molecule has 0 aliphatic heterocycles. The molecular formula is C10H17N3O2S. The van der Waals surface area contributed by atoms with E-state index in [0.29, 0.717) is 23.4 Å². The van der Waals surface area contributed by atoms with E-state index in [2.05, 4.69) is 10.3 Å². The quantitative estimate of drug-likeness (QED) is 0.674. The van der Waals surface area contributed by atoms with Crippen LogP contribution in [0.5, 0.6) is 0 Å². The maximum Gasteiger partial charge on any atom is 0.221 e. The molecule has 16 heavy (non-hydrogen) atoms. The molecule has 0 aliphatic carbocycles. The lowest BCUT2D eigenvalue weighted by atomic mass is 10.3. The van der Waals surface area contributed by atoms with Crippen molar-refractivity contribution in [1.29, 1.82) is 0 Å². The fourth-order valence-corrected chi connectivity index (χ4v) is 1.68. The zero-order chi connectivity index (χ0) is 12.1. The molecule has 1 heterocycles. The molecule has 0 unspecified atom stereocenters. The van der Waals surface area contributed by atoms with Crippen LogP contribution in [0.1, 0.15) is 26.0 Å². The number of aliphatic hydroxyl groups is 1. The molecule has 0 saturated carbocycles. The minimum absolute atomic E-state index is 0.0120. The van der Waals surface area contributed by atoms with Crippen LogP contribution in [0.4, 0.5) is 0 Å². The van der Waals surface area contributed by atoms with Crippen LogP contribution in [0.2, 0.25) is 0 Å². The van der Waals surface area contributed by atoms with Crippen LogP contribution in [0.25, 0.3) is 0 Å². The predicted octanol–water partition coefficient (Wildman–Crippen LogP) is 0.953. The van der Waals surface area contributed by atoms with Gasteiger partial charge in [-0.3, -0.25) is 4.79 Å². The first kappa shape index (κ1) is 12.9. The topological polar surface area (TPSA) is 70.1 Å². The molecule has 1 amide bonds. The van der Waals surface area contributed by atoms with Gasteiger partial charge in [0.05, 0.1) is 12.3 Å². The highest BCUT2D eigenvalue weighted by Gasteiger charge is 2.07. The summed E-state index contributed by atoms with van der Waals surface area (Å²) in [4.78, 5) is 14.3. The van der Waals surface area contributed by atoms with Crippen LogP contribution >= 0.6 is 12.2 Å². The van der Waals surface area contributed by atoms with Gasteiger partial charge in [-0.25, -0.2) is 0 Å². The summed E-state index contributed by atoms with van der Waals surface area (Å²) in [7, 11) is 0. The number of imidazole rings is 1. The molecule has 1 aromatic rings. The summed E-state index contributed by atoms with van der Waals surface area (Å²) >= 11 is 5.04. The van der Waals surface area contributed by atoms with Gasteiger partial charge in [0.15, 0.2) is 4.77 Å². The Morgan fingerprint density at radius 2 is 2.38 bits per heavy atom.